The second-order valence-electron chi connectivity index (χ2n) is 4.12. The van der Waals surface area contributed by atoms with Crippen molar-refractivity contribution in [2.75, 3.05) is 0 Å². The lowest BCUT2D eigenvalue weighted by Gasteiger charge is -2.29. The zero-order valence-corrected chi connectivity index (χ0v) is 8.20. The predicted molar refractivity (Wildman–Crippen MR) is 51.4 cm³/mol. The maximum atomic E-state index is 10.7. The van der Waals surface area contributed by atoms with Gasteiger partial charge in [-0.25, -0.2) is 0 Å². The molecule has 0 amide bonds. The summed E-state index contributed by atoms with van der Waals surface area (Å²) in [6, 6.07) is -0.678. The summed E-state index contributed by atoms with van der Waals surface area (Å²) in [6.07, 6.45) is 6.08. The second kappa shape index (κ2) is 4.61. The monoisotopic (exact) mass is 185 g/mol. The number of carboxylic acids is 1. The molecule has 0 aromatic carbocycles. The molecule has 0 bridgehead atoms. The van der Waals surface area contributed by atoms with Gasteiger partial charge in [0.1, 0.15) is 6.04 Å². The van der Waals surface area contributed by atoms with Gasteiger partial charge in [0.2, 0.25) is 0 Å². The normalized spacial score (nSPS) is 23.8. The quantitative estimate of drug-likeness (QED) is 0.702. The minimum Gasteiger partial charge on any atom is -0.480 e. The Morgan fingerprint density at radius 3 is 2.38 bits per heavy atom. The standard InChI is InChI=1S/C10H19NO2/c1-7(9(11)10(12)13)8-5-3-2-4-6-8/h7-9H,2-6,11H2,1H3,(H,12,13). The number of hydrogen-bond donors (Lipinski definition) is 2. The van der Waals surface area contributed by atoms with Crippen LogP contribution in [-0.2, 0) is 4.79 Å². The molecule has 1 fully saturated rings. The first-order valence-corrected chi connectivity index (χ1v) is 5.11. The van der Waals surface area contributed by atoms with E-state index in [1.165, 1.54) is 19.3 Å². The van der Waals surface area contributed by atoms with Crippen molar-refractivity contribution in [1.29, 1.82) is 0 Å². The third-order valence-electron chi connectivity index (χ3n) is 3.25. The van der Waals surface area contributed by atoms with E-state index < -0.39 is 12.0 Å². The van der Waals surface area contributed by atoms with E-state index >= 15 is 0 Å². The van der Waals surface area contributed by atoms with E-state index in [4.69, 9.17) is 10.8 Å². The highest BCUT2D eigenvalue weighted by Crippen LogP contribution is 2.30. The van der Waals surface area contributed by atoms with Gasteiger partial charge in [-0.15, -0.1) is 0 Å². The summed E-state index contributed by atoms with van der Waals surface area (Å²) in [6.45, 7) is 1.97. The third kappa shape index (κ3) is 2.69. The number of carbonyl (C=O) groups is 1. The highest BCUT2D eigenvalue weighted by molar-refractivity contribution is 5.73. The summed E-state index contributed by atoms with van der Waals surface area (Å²) in [5.41, 5.74) is 5.59. The summed E-state index contributed by atoms with van der Waals surface area (Å²) in [5, 5.41) is 8.76. The minimum absolute atomic E-state index is 0.123. The van der Waals surface area contributed by atoms with E-state index in [-0.39, 0.29) is 5.92 Å². The van der Waals surface area contributed by atoms with Crippen LogP contribution in [0.5, 0.6) is 0 Å². The van der Waals surface area contributed by atoms with Crippen LogP contribution in [-0.4, -0.2) is 17.1 Å². The Hall–Kier alpha value is -0.570. The first-order valence-electron chi connectivity index (χ1n) is 5.11. The van der Waals surface area contributed by atoms with Gasteiger partial charge in [0.15, 0.2) is 0 Å². The SMILES string of the molecule is CC(C1CCCCC1)C(N)C(=O)O. The molecule has 2 unspecified atom stereocenters. The molecule has 1 aliphatic carbocycles. The predicted octanol–water partition coefficient (Wildman–Crippen LogP) is 1.61. The van der Waals surface area contributed by atoms with Crippen molar-refractivity contribution in [1.82, 2.24) is 0 Å². The van der Waals surface area contributed by atoms with Crippen LogP contribution < -0.4 is 5.73 Å². The van der Waals surface area contributed by atoms with Crippen molar-refractivity contribution in [2.45, 2.75) is 45.1 Å². The van der Waals surface area contributed by atoms with E-state index in [0.29, 0.717) is 5.92 Å². The van der Waals surface area contributed by atoms with E-state index in [2.05, 4.69) is 0 Å². The van der Waals surface area contributed by atoms with Crippen LogP contribution in [0.3, 0.4) is 0 Å². The van der Waals surface area contributed by atoms with Crippen LogP contribution in [0.25, 0.3) is 0 Å². The van der Waals surface area contributed by atoms with Crippen molar-refractivity contribution in [3.8, 4) is 0 Å². The fourth-order valence-electron chi connectivity index (χ4n) is 2.18. The summed E-state index contributed by atoms with van der Waals surface area (Å²) >= 11 is 0. The molecule has 0 saturated heterocycles. The first kappa shape index (κ1) is 10.5. The molecule has 0 aromatic heterocycles. The van der Waals surface area contributed by atoms with Gasteiger partial charge in [0.05, 0.1) is 0 Å². The van der Waals surface area contributed by atoms with Gasteiger partial charge in [-0.2, -0.15) is 0 Å². The maximum Gasteiger partial charge on any atom is 0.320 e. The van der Waals surface area contributed by atoms with Gasteiger partial charge in [0.25, 0.3) is 0 Å². The zero-order valence-electron chi connectivity index (χ0n) is 8.20. The molecule has 3 nitrogen and oxygen atoms in total. The van der Waals surface area contributed by atoms with Crippen LogP contribution in [0.15, 0.2) is 0 Å². The Labute approximate surface area is 79.3 Å². The number of carboxylic acid groups (broad SMARTS) is 1. The van der Waals surface area contributed by atoms with Gasteiger partial charge < -0.3 is 10.8 Å². The molecule has 0 aliphatic heterocycles. The molecule has 13 heavy (non-hydrogen) atoms. The van der Waals surface area contributed by atoms with Gasteiger partial charge in [-0.3, -0.25) is 4.79 Å². The molecule has 2 atom stereocenters. The van der Waals surface area contributed by atoms with Crippen LogP contribution >= 0.6 is 0 Å². The largest absolute Gasteiger partial charge is 0.480 e. The van der Waals surface area contributed by atoms with Crippen LogP contribution in [0.1, 0.15) is 39.0 Å². The van der Waals surface area contributed by atoms with E-state index in [0.717, 1.165) is 12.8 Å². The smallest absolute Gasteiger partial charge is 0.320 e. The average Bonchev–Trinajstić information content (AvgIpc) is 2.17. The molecule has 3 N–H and O–H groups in total. The summed E-state index contributed by atoms with van der Waals surface area (Å²) in [4.78, 5) is 10.7. The lowest BCUT2D eigenvalue weighted by Crippen LogP contribution is -2.40. The summed E-state index contributed by atoms with van der Waals surface area (Å²) in [5.74, 6) is -0.212. The van der Waals surface area contributed by atoms with Crippen molar-refractivity contribution in [3.05, 3.63) is 0 Å². The fraction of sp³-hybridized carbons (Fsp3) is 0.900. The van der Waals surface area contributed by atoms with Crippen molar-refractivity contribution in [3.63, 3.8) is 0 Å². The molecule has 1 saturated carbocycles. The van der Waals surface area contributed by atoms with Crippen LogP contribution in [0.2, 0.25) is 0 Å². The fourth-order valence-corrected chi connectivity index (χ4v) is 2.18. The number of hydrogen-bond acceptors (Lipinski definition) is 2. The molecule has 0 heterocycles. The molecular weight excluding hydrogens is 166 g/mol. The number of rotatable bonds is 3. The summed E-state index contributed by atoms with van der Waals surface area (Å²) in [7, 11) is 0. The lowest BCUT2D eigenvalue weighted by atomic mass is 9.78. The molecule has 76 valence electrons. The molecule has 1 rings (SSSR count). The van der Waals surface area contributed by atoms with Gasteiger partial charge in [-0.05, 0) is 11.8 Å². The molecule has 0 radical (unpaired) electrons. The molecular formula is C10H19NO2. The zero-order chi connectivity index (χ0) is 9.84. The Bertz CT molecular complexity index is 176. The van der Waals surface area contributed by atoms with Gasteiger partial charge in [-0.1, -0.05) is 39.0 Å². The molecule has 3 heteroatoms. The number of nitrogens with two attached hydrogens (primary N) is 1. The van der Waals surface area contributed by atoms with Crippen LogP contribution in [0.4, 0.5) is 0 Å². The van der Waals surface area contributed by atoms with E-state index in [9.17, 15) is 4.79 Å². The highest BCUT2D eigenvalue weighted by atomic mass is 16.4. The second-order valence-corrected chi connectivity index (χ2v) is 4.12. The average molecular weight is 185 g/mol. The van der Waals surface area contributed by atoms with E-state index in [1.807, 2.05) is 6.92 Å². The lowest BCUT2D eigenvalue weighted by molar-refractivity contribution is -0.140. The minimum atomic E-state index is -0.863. The van der Waals surface area contributed by atoms with Crippen molar-refractivity contribution >= 4 is 5.97 Å². The van der Waals surface area contributed by atoms with Crippen molar-refractivity contribution in [2.24, 2.45) is 17.6 Å². The first-order chi connectivity index (χ1) is 6.13. The Balaban J connectivity index is 2.44. The molecule has 0 aromatic rings. The molecule has 0 spiro atoms. The highest BCUT2D eigenvalue weighted by Gasteiger charge is 2.28. The van der Waals surface area contributed by atoms with Crippen molar-refractivity contribution < 1.29 is 9.90 Å². The Morgan fingerprint density at radius 1 is 1.38 bits per heavy atom. The van der Waals surface area contributed by atoms with Gasteiger partial charge in [0, 0.05) is 0 Å². The Morgan fingerprint density at radius 2 is 1.92 bits per heavy atom. The maximum absolute atomic E-state index is 10.7. The Kier molecular flexibility index (Phi) is 3.72. The van der Waals surface area contributed by atoms with Gasteiger partial charge >= 0.3 is 5.97 Å². The third-order valence-corrected chi connectivity index (χ3v) is 3.25. The molecule has 1 aliphatic rings. The summed E-state index contributed by atoms with van der Waals surface area (Å²) < 4.78 is 0. The number of aliphatic carboxylic acids is 1. The van der Waals surface area contributed by atoms with E-state index in [1.54, 1.807) is 0 Å². The van der Waals surface area contributed by atoms with Crippen LogP contribution in [0, 0.1) is 11.8 Å². The topological polar surface area (TPSA) is 63.3 Å².